The van der Waals surface area contributed by atoms with Gasteiger partial charge in [-0.05, 0) is 132 Å². The molecule has 0 spiro atoms. The number of ether oxygens (including phenoxy) is 5. The second-order valence-electron chi connectivity index (χ2n) is 21.4. The minimum absolute atomic E-state index is 0.153. The summed E-state index contributed by atoms with van der Waals surface area (Å²) in [6.07, 6.45) is 14.4. The number of esters is 1. The monoisotopic (exact) mass is 934 g/mol. The van der Waals surface area contributed by atoms with Gasteiger partial charge in [-0.2, -0.15) is 0 Å². The maximum Gasteiger partial charge on any atom is 0.407 e. The molecule has 3 saturated carbocycles. The molecule has 0 saturated heterocycles. The number of carboxylic acid groups (broad SMARTS) is 1. The summed E-state index contributed by atoms with van der Waals surface area (Å²) < 4.78 is 30.0. The van der Waals surface area contributed by atoms with E-state index < -0.39 is 29.7 Å². The van der Waals surface area contributed by atoms with E-state index >= 15 is 0 Å². The molecule has 3 aromatic rings. The molecule has 68 heavy (non-hydrogen) atoms. The molecule has 4 aliphatic rings. The molecule has 10 heteroatoms. The summed E-state index contributed by atoms with van der Waals surface area (Å²) in [5.74, 6) is 4.36. The average molecular weight is 934 g/mol. The molecule has 0 radical (unpaired) electrons. The smallest absolute Gasteiger partial charge is 0.407 e. The van der Waals surface area contributed by atoms with Gasteiger partial charge in [-0.3, -0.25) is 9.59 Å². The number of rotatable bonds is 22. The van der Waals surface area contributed by atoms with Gasteiger partial charge in [-0.25, -0.2) is 4.79 Å². The van der Waals surface area contributed by atoms with Crippen molar-refractivity contribution in [2.24, 2.45) is 46.3 Å². The second-order valence-corrected chi connectivity index (χ2v) is 21.4. The van der Waals surface area contributed by atoms with Gasteiger partial charge in [0.05, 0.1) is 33.7 Å². The molecule has 3 aromatic carbocycles. The molecule has 0 bridgehead atoms. The highest BCUT2D eigenvalue weighted by atomic mass is 16.6. The number of hydrogen-bond acceptors (Lipinski definition) is 8. The molecule has 0 aliphatic heterocycles. The first-order valence-electron chi connectivity index (χ1n) is 25.7. The highest BCUT2D eigenvalue weighted by Crippen LogP contribution is 2.67. The first-order chi connectivity index (χ1) is 32.7. The van der Waals surface area contributed by atoms with Crippen LogP contribution in [0.4, 0.5) is 4.79 Å². The number of alkyl carbamates (subject to hydrolysis) is 1. The number of fused-ring (bicyclic) bond motifs is 5. The molecular weight excluding hydrogens is 855 g/mol. The minimum Gasteiger partial charge on any atom is -0.497 e. The number of hydrogen-bond donors (Lipinski definition) is 2. The van der Waals surface area contributed by atoms with Crippen LogP contribution in [0.1, 0.15) is 148 Å². The predicted molar refractivity (Wildman–Crippen MR) is 266 cm³/mol. The molecule has 1 amide bonds. The van der Waals surface area contributed by atoms with Crippen LogP contribution in [0, 0.1) is 46.3 Å². The summed E-state index contributed by atoms with van der Waals surface area (Å²) in [7, 11) is 3.26. The van der Waals surface area contributed by atoms with Gasteiger partial charge in [0, 0.05) is 25.8 Å². The Labute approximate surface area is 406 Å². The van der Waals surface area contributed by atoms with E-state index in [1.807, 2.05) is 78.9 Å². The molecule has 5 unspecified atom stereocenters. The van der Waals surface area contributed by atoms with Crippen LogP contribution in [-0.2, 0) is 29.4 Å². The lowest BCUT2D eigenvalue weighted by Gasteiger charge is -2.58. The highest BCUT2D eigenvalue weighted by molar-refractivity contribution is 5.76. The minimum atomic E-state index is -1.08. The molecule has 2 N–H and O–H groups in total. The van der Waals surface area contributed by atoms with Crippen molar-refractivity contribution in [3.63, 3.8) is 0 Å². The quantitative estimate of drug-likeness (QED) is 0.0574. The Bertz CT molecular complexity index is 2110. The lowest BCUT2D eigenvalue weighted by atomic mass is 9.47. The number of aliphatic carboxylic acids is 1. The maximum atomic E-state index is 13.4. The molecule has 0 heterocycles. The van der Waals surface area contributed by atoms with Gasteiger partial charge in [-0.15, -0.1) is 0 Å². The molecule has 0 aromatic heterocycles. The van der Waals surface area contributed by atoms with Gasteiger partial charge >= 0.3 is 18.0 Å². The molecular formula is C58H79NO9. The van der Waals surface area contributed by atoms with E-state index in [1.165, 1.54) is 50.5 Å². The number of carboxylic acids is 1. The highest BCUT2D eigenvalue weighted by Gasteiger charge is 2.59. The summed E-state index contributed by atoms with van der Waals surface area (Å²) in [4.78, 5) is 37.8. The topological polar surface area (TPSA) is 130 Å². The number of amides is 1. The molecule has 9 atom stereocenters. The fourth-order valence-electron chi connectivity index (χ4n) is 13.4. The van der Waals surface area contributed by atoms with Crippen molar-refractivity contribution in [1.29, 1.82) is 0 Å². The Morgan fingerprint density at radius 2 is 1.43 bits per heavy atom. The van der Waals surface area contributed by atoms with Gasteiger partial charge in [0.1, 0.15) is 29.3 Å². The van der Waals surface area contributed by atoms with Crippen molar-refractivity contribution in [1.82, 2.24) is 5.32 Å². The Morgan fingerprint density at radius 1 is 0.765 bits per heavy atom. The van der Waals surface area contributed by atoms with Gasteiger partial charge in [-0.1, -0.05) is 120 Å². The number of nitrogens with one attached hydrogen (secondary N) is 1. The number of carbonyl (C=O) groups excluding carboxylic acids is 2. The number of methoxy groups -OCH3 is 2. The van der Waals surface area contributed by atoms with Gasteiger partial charge in [0.25, 0.3) is 0 Å². The zero-order valence-corrected chi connectivity index (χ0v) is 41.9. The third-order valence-corrected chi connectivity index (χ3v) is 17.0. The maximum absolute atomic E-state index is 13.4. The van der Waals surface area contributed by atoms with Crippen LogP contribution in [0.3, 0.4) is 0 Å². The van der Waals surface area contributed by atoms with Gasteiger partial charge < -0.3 is 34.1 Å². The van der Waals surface area contributed by atoms with Crippen molar-refractivity contribution < 1.29 is 43.2 Å². The lowest BCUT2D eigenvalue weighted by Crippen LogP contribution is -2.51. The predicted octanol–water partition coefficient (Wildman–Crippen LogP) is 12.7. The van der Waals surface area contributed by atoms with Crippen molar-refractivity contribution in [2.75, 3.05) is 27.4 Å². The fraction of sp³-hybridized carbons (Fsp3) is 0.603. The number of benzene rings is 3. The van der Waals surface area contributed by atoms with E-state index in [1.54, 1.807) is 14.2 Å². The van der Waals surface area contributed by atoms with E-state index in [4.69, 9.17) is 23.7 Å². The molecule has 370 valence electrons. The largest absolute Gasteiger partial charge is 0.497 e. The third kappa shape index (κ3) is 11.4. The van der Waals surface area contributed by atoms with Crippen LogP contribution in [0.2, 0.25) is 0 Å². The Kier molecular flexibility index (Phi) is 17.1. The van der Waals surface area contributed by atoms with Crippen LogP contribution in [0.15, 0.2) is 90.5 Å². The second kappa shape index (κ2) is 22.7. The Hall–Kier alpha value is -4.83. The first-order valence-corrected chi connectivity index (χ1v) is 25.7. The van der Waals surface area contributed by atoms with Crippen molar-refractivity contribution in [2.45, 2.75) is 149 Å². The van der Waals surface area contributed by atoms with Crippen LogP contribution in [0.5, 0.6) is 11.5 Å². The Balaban J connectivity index is 0.981. The van der Waals surface area contributed by atoms with Crippen LogP contribution in [0.25, 0.3) is 0 Å². The summed E-state index contributed by atoms with van der Waals surface area (Å²) in [6.45, 7) is 12.8. The standard InChI is InChI=1S/C58H79NO9/c1-39(2)12-11-13-40(3)50-26-27-51-49-25-20-44-38-48(30-34-56(44,4)52(49)31-35-57(50,51)5)68-55(63)59-36-32-47(67-54(62)29-28-53(60)61)33-37-66-58(41-14-9-8-10-15-41,42-16-21-45(64-6)22-17-42)43-18-23-46(65-7)24-19-43/h8-10,14-24,39-40,47-52H,11-13,25-38H2,1-7H3,(H,59,63)(H,60,61)/t40-,47?,48?,49?,50-,51?,52?,56+,57-/m1/s1. The van der Waals surface area contributed by atoms with E-state index in [9.17, 15) is 19.5 Å². The Morgan fingerprint density at radius 3 is 2.06 bits per heavy atom. The van der Waals surface area contributed by atoms with Crippen LogP contribution >= 0.6 is 0 Å². The van der Waals surface area contributed by atoms with Crippen LogP contribution in [-0.4, -0.2) is 62.7 Å². The SMILES string of the molecule is COc1ccc(C(OCCC(CCNC(=O)OC2CC[C@@]3(C)C(=CCC4C3CC[C@@]3(C)C4CC[C@@H]3[C@H](C)CCCC(C)C)C2)OC(=O)CCC(=O)O)(c2ccccc2)c2ccc(OC)cc2)cc1. The summed E-state index contributed by atoms with van der Waals surface area (Å²) in [5.41, 5.74) is 3.62. The summed E-state index contributed by atoms with van der Waals surface area (Å²) >= 11 is 0. The normalized spacial score (nSPS) is 26.3. The van der Waals surface area contributed by atoms with Crippen molar-refractivity contribution in [3.8, 4) is 11.5 Å². The zero-order chi connectivity index (χ0) is 48.5. The van der Waals surface area contributed by atoms with E-state index in [-0.39, 0.29) is 50.4 Å². The number of carbonyl (C=O) groups is 3. The van der Waals surface area contributed by atoms with E-state index in [0.717, 1.165) is 72.0 Å². The van der Waals surface area contributed by atoms with Crippen molar-refractivity contribution in [3.05, 3.63) is 107 Å². The average Bonchev–Trinajstić information content (AvgIpc) is 3.70. The lowest BCUT2D eigenvalue weighted by molar-refractivity contribution is -0.153. The van der Waals surface area contributed by atoms with Crippen LogP contribution < -0.4 is 14.8 Å². The number of allylic oxidation sites excluding steroid dienone is 1. The van der Waals surface area contributed by atoms with Crippen molar-refractivity contribution >= 4 is 18.0 Å². The molecule has 7 rings (SSSR count). The third-order valence-electron chi connectivity index (χ3n) is 17.0. The van der Waals surface area contributed by atoms with Gasteiger partial charge in [0.15, 0.2) is 0 Å². The molecule has 10 nitrogen and oxygen atoms in total. The van der Waals surface area contributed by atoms with Gasteiger partial charge in [0.2, 0.25) is 0 Å². The van der Waals surface area contributed by atoms with E-state index in [0.29, 0.717) is 22.8 Å². The first kappa shape index (κ1) is 51.0. The van der Waals surface area contributed by atoms with E-state index in [2.05, 4.69) is 46.0 Å². The molecule has 4 aliphatic carbocycles. The molecule has 3 fully saturated rings. The fourth-order valence-corrected chi connectivity index (χ4v) is 13.4. The summed E-state index contributed by atoms with van der Waals surface area (Å²) in [6, 6.07) is 25.5. The zero-order valence-electron chi connectivity index (χ0n) is 41.9. The summed E-state index contributed by atoms with van der Waals surface area (Å²) in [5, 5.41) is 12.2.